The number of carbonyl (C=O) groups excluding carboxylic acids is 1. The van der Waals surface area contributed by atoms with Gasteiger partial charge in [-0.05, 0) is 49.8 Å². The van der Waals surface area contributed by atoms with E-state index in [4.69, 9.17) is 0 Å². The first kappa shape index (κ1) is 24.7. The van der Waals surface area contributed by atoms with Crippen LogP contribution in [0.5, 0.6) is 0 Å². The Balaban J connectivity index is 1.83. The Morgan fingerprint density at radius 3 is 2.59 bits per heavy atom. The van der Waals surface area contributed by atoms with Gasteiger partial charge in [0.25, 0.3) is 5.91 Å². The lowest BCUT2D eigenvalue weighted by Gasteiger charge is -2.41. The summed E-state index contributed by atoms with van der Waals surface area (Å²) in [4.78, 5) is 27.4. The van der Waals surface area contributed by atoms with Crippen molar-refractivity contribution in [1.82, 2.24) is 20.2 Å². The third-order valence-electron chi connectivity index (χ3n) is 5.43. The molecule has 1 fully saturated rings. The number of hydrogen-bond acceptors (Lipinski definition) is 5. The summed E-state index contributed by atoms with van der Waals surface area (Å²) in [5, 5.41) is 2.42. The molecule has 0 aliphatic carbocycles. The van der Waals surface area contributed by atoms with Crippen molar-refractivity contribution in [1.29, 1.82) is 0 Å². The number of allylic oxidation sites excluding steroid dienone is 5. The minimum Gasteiger partial charge on any atom is -0.355 e. The molecule has 0 unspecified atom stereocenters. The first-order valence-corrected chi connectivity index (χ1v) is 10.8. The van der Waals surface area contributed by atoms with Gasteiger partial charge in [0.05, 0.1) is 22.7 Å². The molecule has 8 heteroatoms. The summed E-state index contributed by atoms with van der Waals surface area (Å²) in [5.41, 5.74) is 2.89. The van der Waals surface area contributed by atoms with E-state index in [1.54, 1.807) is 25.4 Å². The molecule has 2 heterocycles. The van der Waals surface area contributed by atoms with Crippen molar-refractivity contribution in [2.75, 3.05) is 20.1 Å². The van der Waals surface area contributed by atoms with Gasteiger partial charge >= 0.3 is 0 Å². The van der Waals surface area contributed by atoms with E-state index in [1.165, 1.54) is 25.3 Å². The number of nitrogens with zero attached hydrogens (tertiary/aromatic N) is 4. The van der Waals surface area contributed by atoms with Crippen LogP contribution in [-0.4, -0.2) is 46.6 Å². The normalized spacial score (nSPS) is 15.1. The quantitative estimate of drug-likeness (QED) is 0.444. The fourth-order valence-electron chi connectivity index (χ4n) is 3.57. The molecule has 0 atom stereocenters. The zero-order valence-electron chi connectivity index (χ0n) is 19.5. The molecule has 1 N–H and O–H groups in total. The number of carbonyl (C=O) groups is 1. The second-order valence-corrected chi connectivity index (χ2v) is 7.82. The molecular formula is C26H27F2N5O. The summed E-state index contributed by atoms with van der Waals surface area (Å²) in [6, 6.07) is 4.41. The minimum absolute atomic E-state index is 0.0302. The number of nitrogens with one attached hydrogen (secondary N) is 1. The molecule has 0 bridgehead atoms. The van der Waals surface area contributed by atoms with E-state index in [2.05, 4.69) is 33.4 Å². The number of aromatic nitrogens is 2. The van der Waals surface area contributed by atoms with Gasteiger partial charge in [-0.15, -0.1) is 0 Å². The van der Waals surface area contributed by atoms with Crippen LogP contribution in [0.2, 0.25) is 0 Å². The predicted octanol–water partition coefficient (Wildman–Crippen LogP) is 4.96. The number of benzene rings is 1. The van der Waals surface area contributed by atoms with Gasteiger partial charge in [0, 0.05) is 44.0 Å². The largest absolute Gasteiger partial charge is 0.355 e. The molecule has 3 rings (SSSR count). The first-order valence-electron chi connectivity index (χ1n) is 10.8. The summed E-state index contributed by atoms with van der Waals surface area (Å²) in [6.07, 6.45) is 7.43. The lowest BCUT2D eigenvalue weighted by molar-refractivity contribution is 0.0959. The summed E-state index contributed by atoms with van der Waals surface area (Å²) in [7, 11) is 1.45. The Morgan fingerprint density at radius 2 is 2.00 bits per heavy atom. The zero-order valence-corrected chi connectivity index (χ0v) is 19.5. The van der Waals surface area contributed by atoms with Crippen LogP contribution in [0.25, 0.3) is 11.3 Å². The molecule has 1 aliphatic heterocycles. The Bertz CT molecular complexity index is 1210. The highest BCUT2D eigenvalue weighted by molar-refractivity contribution is 6.08. The fourth-order valence-corrected chi connectivity index (χ4v) is 3.57. The van der Waals surface area contributed by atoms with E-state index in [0.717, 1.165) is 11.8 Å². The van der Waals surface area contributed by atoms with Crippen LogP contribution in [0.4, 0.5) is 8.78 Å². The third-order valence-corrected chi connectivity index (χ3v) is 5.43. The number of amides is 1. The van der Waals surface area contributed by atoms with Crippen molar-refractivity contribution < 1.29 is 13.6 Å². The molecule has 1 saturated heterocycles. The molecule has 0 spiro atoms. The molecule has 6 nitrogen and oxygen atoms in total. The summed E-state index contributed by atoms with van der Waals surface area (Å²) in [6.45, 7) is 12.2. The van der Waals surface area contributed by atoms with Crippen LogP contribution in [0.1, 0.15) is 35.8 Å². The van der Waals surface area contributed by atoms with E-state index in [-0.39, 0.29) is 11.5 Å². The maximum absolute atomic E-state index is 14.5. The van der Waals surface area contributed by atoms with Crippen LogP contribution < -0.4 is 5.32 Å². The van der Waals surface area contributed by atoms with E-state index in [0.29, 0.717) is 41.5 Å². The molecular weight excluding hydrogens is 436 g/mol. The Kier molecular flexibility index (Phi) is 7.83. The number of rotatable bonds is 8. The van der Waals surface area contributed by atoms with Gasteiger partial charge in [-0.3, -0.25) is 14.8 Å². The highest BCUT2D eigenvalue weighted by atomic mass is 19.1. The van der Waals surface area contributed by atoms with Crippen molar-refractivity contribution in [3.05, 3.63) is 96.3 Å². The number of hydrogen-bond donors (Lipinski definition) is 1. The van der Waals surface area contributed by atoms with Crippen LogP contribution in [-0.2, 0) is 0 Å². The number of aliphatic imine (C=N–C) groups is 1. The second-order valence-electron chi connectivity index (χ2n) is 7.82. The Hall–Kier alpha value is -3.94. The van der Waals surface area contributed by atoms with Crippen molar-refractivity contribution in [3.8, 4) is 11.3 Å². The van der Waals surface area contributed by atoms with Gasteiger partial charge < -0.3 is 10.2 Å². The first-order chi connectivity index (χ1) is 16.3. The lowest BCUT2D eigenvalue weighted by atomic mass is 9.92. The molecule has 1 aromatic heterocycles. The Morgan fingerprint density at radius 1 is 1.29 bits per heavy atom. The van der Waals surface area contributed by atoms with Gasteiger partial charge in [-0.1, -0.05) is 19.2 Å². The van der Waals surface area contributed by atoms with Crippen molar-refractivity contribution in [2.45, 2.75) is 19.8 Å². The van der Waals surface area contributed by atoms with Gasteiger partial charge in [-0.2, -0.15) is 0 Å². The maximum atomic E-state index is 14.5. The summed E-state index contributed by atoms with van der Waals surface area (Å²) < 4.78 is 28.3. The SMILES string of the molecule is C=C\C(F)=C/C(=N/C(=C\C)N1CC(c2nccnc2-c2ccc(C(=O)NC)c(F)c2)C1)C(=C)C. The standard InChI is InChI=1S/C26H27F2N5O/c1-6-19(27)13-22(16(3)4)32-23(7-2)33-14-18(15-33)25-24(30-10-11-31-25)17-8-9-20(21(28)12-17)26(34)29-5/h6-13,18H,1,3,14-15H2,2,4-5H3,(H,29,34)/b19-13+,23-7+,32-22-. The van der Waals surface area contributed by atoms with E-state index in [1.807, 2.05) is 17.9 Å². The van der Waals surface area contributed by atoms with Gasteiger partial charge in [0.15, 0.2) is 0 Å². The number of halogens is 2. The summed E-state index contributed by atoms with van der Waals surface area (Å²) >= 11 is 0. The van der Waals surface area contributed by atoms with Crippen LogP contribution in [0.15, 0.2) is 84.2 Å². The monoisotopic (exact) mass is 463 g/mol. The fraction of sp³-hybridized carbons (Fsp3) is 0.231. The van der Waals surface area contributed by atoms with Crippen molar-refractivity contribution in [2.24, 2.45) is 4.99 Å². The number of likely N-dealkylation sites (tertiary alicyclic amines) is 1. The van der Waals surface area contributed by atoms with Crippen LogP contribution in [0.3, 0.4) is 0 Å². The highest BCUT2D eigenvalue weighted by Crippen LogP contribution is 2.34. The van der Waals surface area contributed by atoms with Crippen molar-refractivity contribution in [3.63, 3.8) is 0 Å². The topological polar surface area (TPSA) is 70.5 Å². The van der Waals surface area contributed by atoms with Gasteiger partial charge in [0.1, 0.15) is 17.5 Å². The summed E-state index contributed by atoms with van der Waals surface area (Å²) in [5.74, 6) is -0.869. The van der Waals surface area contributed by atoms with Gasteiger partial charge in [-0.25, -0.2) is 13.8 Å². The van der Waals surface area contributed by atoms with E-state index >= 15 is 0 Å². The second kappa shape index (κ2) is 10.8. The average Bonchev–Trinajstić information content (AvgIpc) is 2.81. The molecule has 176 valence electrons. The van der Waals surface area contributed by atoms with E-state index in [9.17, 15) is 13.6 Å². The van der Waals surface area contributed by atoms with Crippen molar-refractivity contribution >= 4 is 11.6 Å². The smallest absolute Gasteiger partial charge is 0.253 e. The molecule has 0 radical (unpaired) electrons. The third kappa shape index (κ3) is 5.33. The van der Waals surface area contributed by atoms with E-state index < -0.39 is 17.6 Å². The lowest BCUT2D eigenvalue weighted by Crippen LogP contribution is -2.44. The minimum atomic E-state index is -0.624. The predicted molar refractivity (Wildman–Crippen MR) is 131 cm³/mol. The molecule has 2 aromatic rings. The average molecular weight is 464 g/mol. The molecule has 1 aromatic carbocycles. The van der Waals surface area contributed by atoms with Crippen LogP contribution >= 0.6 is 0 Å². The molecule has 1 aliphatic rings. The molecule has 1 amide bonds. The zero-order chi connectivity index (χ0) is 24.8. The maximum Gasteiger partial charge on any atom is 0.253 e. The van der Waals surface area contributed by atoms with Gasteiger partial charge in [0.2, 0.25) is 0 Å². The Labute approximate surface area is 198 Å². The molecule has 34 heavy (non-hydrogen) atoms. The highest BCUT2D eigenvalue weighted by Gasteiger charge is 2.33. The van der Waals surface area contributed by atoms with Crippen LogP contribution in [0, 0.1) is 5.82 Å². The molecule has 0 saturated carbocycles.